The van der Waals surface area contributed by atoms with Crippen molar-refractivity contribution >= 4 is 11.0 Å². The Balaban J connectivity index is 3.85. The first-order valence-corrected chi connectivity index (χ1v) is 4.38. The van der Waals surface area contributed by atoms with Crippen molar-refractivity contribution < 1.29 is 4.21 Å². The summed E-state index contributed by atoms with van der Waals surface area (Å²) < 4.78 is 10.5. The molecule has 56 valence electrons. The van der Waals surface area contributed by atoms with Crippen molar-refractivity contribution in [2.24, 2.45) is 5.14 Å². The zero-order chi connectivity index (χ0) is 7.49. The maximum absolute atomic E-state index is 10.7. The van der Waals surface area contributed by atoms with Crippen LogP contribution in [-0.2, 0) is 11.0 Å². The highest BCUT2D eigenvalue weighted by atomic mass is 32.2. The third kappa shape index (κ3) is 2.96. The van der Waals surface area contributed by atoms with E-state index in [1.807, 2.05) is 13.8 Å². The van der Waals surface area contributed by atoms with Gasteiger partial charge in [0.25, 0.3) is 0 Å². The first kappa shape index (κ1) is 9.11. The molecule has 3 heteroatoms. The van der Waals surface area contributed by atoms with Gasteiger partial charge < -0.3 is 0 Å². The van der Waals surface area contributed by atoms with Crippen LogP contribution < -0.4 is 5.14 Å². The molecule has 0 aromatic heterocycles. The van der Waals surface area contributed by atoms with Crippen LogP contribution in [0.15, 0.2) is 0 Å². The molecule has 0 aliphatic rings. The van der Waals surface area contributed by atoms with Gasteiger partial charge in [0.1, 0.15) is 0 Å². The highest BCUT2D eigenvalue weighted by Gasteiger charge is 2.21. The van der Waals surface area contributed by atoms with Crippen molar-refractivity contribution in [1.82, 2.24) is 0 Å². The lowest BCUT2D eigenvalue weighted by molar-refractivity contribution is 0.584. The maximum Gasteiger partial charge on any atom is 0.0945 e. The zero-order valence-corrected chi connectivity index (χ0v) is 7.12. The minimum absolute atomic E-state index is 0.200. The van der Waals surface area contributed by atoms with Crippen LogP contribution >= 0.6 is 0 Å². The molecule has 0 amide bonds. The quantitative estimate of drug-likeness (QED) is 0.643. The molecule has 1 atom stereocenters. The molecule has 0 heterocycles. The van der Waals surface area contributed by atoms with E-state index < -0.39 is 11.0 Å². The molecule has 0 saturated heterocycles. The number of rotatable bonds is 3. The third-order valence-corrected chi connectivity index (χ3v) is 2.69. The summed E-state index contributed by atoms with van der Waals surface area (Å²) in [6.07, 6.45) is 1.96. The van der Waals surface area contributed by atoms with Gasteiger partial charge in [0.15, 0.2) is 0 Å². The zero-order valence-electron chi connectivity index (χ0n) is 6.31. The Bertz CT molecular complexity index is 112. The van der Waals surface area contributed by atoms with Gasteiger partial charge in [-0.05, 0) is 20.3 Å². The molecule has 2 N–H and O–H groups in total. The van der Waals surface area contributed by atoms with Crippen LogP contribution in [0.2, 0.25) is 0 Å². The highest BCUT2D eigenvalue weighted by molar-refractivity contribution is 7.84. The fourth-order valence-electron chi connectivity index (χ4n) is 0.703. The van der Waals surface area contributed by atoms with Gasteiger partial charge in [-0.1, -0.05) is 13.3 Å². The van der Waals surface area contributed by atoms with E-state index in [0.717, 1.165) is 12.8 Å². The van der Waals surface area contributed by atoms with Crippen molar-refractivity contribution in [2.75, 3.05) is 0 Å². The molecule has 0 bridgehead atoms. The molecule has 2 nitrogen and oxygen atoms in total. The van der Waals surface area contributed by atoms with Crippen LogP contribution in [0.25, 0.3) is 0 Å². The summed E-state index contributed by atoms with van der Waals surface area (Å²) in [6.45, 7) is 5.91. The standard InChI is InChI=1S/C6H15NOS/c1-4-5-6(2,3)9(7)8/h4-5,7H2,1-3H3. The Morgan fingerprint density at radius 2 is 2.00 bits per heavy atom. The van der Waals surface area contributed by atoms with Crippen molar-refractivity contribution in [3.63, 3.8) is 0 Å². The van der Waals surface area contributed by atoms with Crippen molar-refractivity contribution in [3.05, 3.63) is 0 Å². The fourth-order valence-corrected chi connectivity index (χ4v) is 1.11. The SMILES string of the molecule is CCCC(C)(C)S(N)=O. The first-order valence-electron chi connectivity index (χ1n) is 3.17. The van der Waals surface area contributed by atoms with E-state index >= 15 is 0 Å². The smallest absolute Gasteiger partial charge is 0.0945 e. The Morgan fingerprint density at radius 1 is 1.56 bits per heavy atom. The third-order valence-electron chi connectivity index (χ3n) is 1.40. The minimum Gasteiger partial charge on any atom is -0.251 e. The minimum atomic E-state index is -1.18. The second kappa shape index (κ2) is 3.32. The Kier molecular flexibility index (Phi) is 3.36. The van der Waals surface area contributed by atoms with E-state index in [4.69, 9.17) is 5.14 Å². The second-order valence-electron chi connectivity index (χ2n) is 2.81. The largest absolute Gasteiger partial charge is 0.251 e. The summed E-state index contributed by atoms with van der Waals surface area (Å²) in [5, 5.41) is 5.23. The molecular weight excluding hydrogens is 134 g/mol. The summed E-state index contributed by atoms with van der Waals surface area (Å²) in [7, 11) is -1.18. The summed E-state index contributed by atoms with van der Waals surface area (Å²) in [4.78, 5) is 0. The lowest BCUT2D eigenvalue weighted by atomic mass is 10.1. The van der Waals surface area contributed by atoms with E-state index in [0.29, 0.717) is 0 Å². The monoisotopic (exact) mass is 149 g/mol. The molecule has 0 spiro atoms. The van der Waals surface area contributed by atoms with Gasteiger partial charge in [0, 0.05) is 0 Å². The lowest BCUT2D eigenvalue weighted by Crippen LogP contribution is -2.31. The molecule has 9 heavy (non-hydrogen) atoms. The van der Waals surface area contributed by atoms with Crippen LogP contribution in [0.5, 0.6) is 0 Å². The summed E-state index contributed by atoms with van der Waals surface area (Å²) >= 11 is 0. The van der Waals surface area contributed by atoms with Gasteiger partial charge in [-0.3, -0.25) is 5.14 Å². The van der Waals surface area contributed by atoms with Crippen LogP contribution in [0.3, 0.4) is 0 Å². The summed E-state index contributed by atoms with van der Waals surface area (Å²) in [5.74, 6) is 0. The number of hydrogen-bond donors (Lipinski definition) is 1. The van der Waals surface area contributed by atoms with Crippen molar-refractivity contribution in [3.8, 4) is 0 Å². The van der Waals surface area contributed by atoms with E-state index in [2.05, 4.69) is 6.92 Å². The van der Waals surface area contributed by atoms with Crippen molar-refractivity contribution in [1.29, 1.82) is 0 Å². The number of nitrogens with two attached hydrogens (primary N) is 1. The van der Waals surface area contributed by atoms with E-state index in [9.17, 15) is 4.21 Å². The average Bonchev–Trinajstić information content (AvgIpc) is 1.65. The molecule has 0 aromatic carbocycles. The number of hydrogen-bond acceptors (Lipinski definition) is 1. The summed E-state index contributed by atoms with van der Waals surface area (Å²) in [5.41, 5.74) is 0. The van der Waals surface area contributed by atoms with E-state index in [1.165, 1.54) is 0 Å². The molecule has 0 saturated carbocycles. The van der Waals surface area contributed by atoms with Gasteiger partial charge in [0.2, 0.25) is 0 Å². The lowest BCUT2D eigenvalue weighted by Gasteiger charge is -2.19. The van der Waals surface area contributed by atoms with Crippen LogP contribution in [-0.4, -0.2) is 8.96 Å². The molecule has 0 aliphatic carbocycles. The molecule has 0 rings (SSSR count). The predicted molar refractivity (Wildman–Crippen MR) is 41.3 cm³/mol. The normalized spacial score (nSPS) is 15.6. The highest BCUT2D eigenvalue weighted by Crippen LogP contribution is 2.15. The molecule has 1 unspecified atom stereocenters. The second-order valence-corrected chi connectivity index (χ2v) is 4.51. The topological polar surface area (TPSA) is 43.1 Å². The Labute approximate surface area is 59.4 Å². The van der Waals surface area contributed by atoms with Crippen molar-refractivity contribution in [2.45, 2.75) is 38.4 Å². The van der Waals surface area contributed by atoms with Gasteiger partial charge in [0.05, 0.1) is 15.7 Å². The van der Waals surface area contributed by atoms with Gasteiger partial charge in [-0.2, -0.15) is 0 Å². The Hall–Kier alpha value is 0.110. The molecule has 0 aliphatic heterocycles. The average molecular weight is 149 g/mol. The summed E-state index contributed by atoms with van der Waals surface area (Å²) in [6, 6.07) is 0. The molecular formula is C6H15NOS. The van der Waals surface area contributed by atoms with Gasteiger partial charge >= 0.3 is 0 Å². The van der Waals surface area contributed by atoms with Crippen LogP contribution in [0.4, 0.5) is 0 Å². The van der Waals surface area contributed by atoms with Gasteiger partial charge in [-0.25, -0.2) is 4.21 Å². The fraction of sp³-hybridized carbons (Fsp3) is 1.00. The Morgan fingerprint density at radius 3 is 2.11 bits per heavy atom. The molecule has 0 aromatic rings. The maximum atomic E-state index is 10.7. The molecule has 0 fully saturated rings. The van der Waals surface area contributed by atoms with Crippen LogP contribution in [0, 0.1) is 0 Å². The van der Waals surface area contributed by atoms with Gasteiger partial charge in [-0.15, -0.1) is 0 Å². The molecule has 0 radical (unpaired) electrons. The van der Waals surface area contributed by atoms with E-state index in [-0.39, 0.29) is 4.75 Å². The first-order chi connectivity index (χ1) is 4.00. The van der Waals surface area contributed by atoms with E-state index in [1.54, 1.807) is 0 Å². The predicted octanol–water partition coefficient (Wildman–Crippen LogP) is 1.19. The van der Waals surface area contributed by atoms with Crippen LogP contribution in [0.1, 0.15) is 33.6 Å².